The molecule has 1 aromatic rings. The van der Waals surface area contributed by atoms with Crippen LogP contribution in [-0.4, -0.2) is 24.1 Å². The van der Waals surface area contributed by atoms with E-state index in [4.69, 9.17) is 4.74 Å². The van der Waals surface area contributed by atoms with Gasteiger partial charge < -0.3 is 10.1 Å². The Morgan fingerprint density at radius 2 is 1.95 bits per heavy atom. The Balaban J connectivity index is 2.57. The molecule has 106 valence electrons. The van der Waals surface area contributed by atoms with E-state index in [1.807, 2.05) is 0 Å². The van der Waals surface area contributed by atoms with Crippen molar-refractivity contribution < 1.29 is 9.66 Å². The lowest BCUT2D eigenvalue weighted by atomic mass is 10.3. The number of nitrogens with one attached hydrogen (secondary N) is 1. The van der Waals surface area contributed by atoms with E-state index in [2.05, 4.69) is 51.0 Å². The Morgan fingerprint density at radius 3 is 2.42 bits per heavy atom. The van der Waals surface area contributed by atoms with Gasteiger partial charge in [-0.1, -0.05) is 13.8 Å². The molecule has 0 heterocycles. The number of non-ortho nitro benzene ring substituents is 1. The zero-order chi connectivity index (χ0) is 14.4. The molecule has 0 bridgehead atoms. The first-order chi connectivity index (χ1) is 8.91. The molecule has 19 heavy (non-hydrogen) atoms. The molecule has 0 saturated carbocycles. The van der Waals surface area contributed by atoms with Crippen LogP contribution in [0, 0.1) is 10.1 Å². The van der Waals surface area contributed by atoms with Gasteiger partial charge in [0, 0.05) is 18.2 Å². The van der Waals surface area contributed by atoms with Gasteiger partial charge in [-0.05, 0) is 44.8 Å². The summed E-state index contributed by atoms with van der Waals surface area (Å²) in [6.45, 7) is 5.60. The molecule has 0 saturated heterocycles. The topological polar surface area (TPSA) is 64.4 Å². The van der Waals surface area contributed by atoms with Crippen molar-refractivity contribution >= 4 is 37.5 Å². The maximum Gasteiger partial charge on any atom is 0.271 e. The van der Waals surface area contributed by atoms with Crippen molar-refractivity contribution in [2.45, 2.75) is 26.3 Å². The molecule has 1 aromatic carbocycles. The molecule has 0 aliphatic heterocycles. The fraction of sp³-hybridized carbons (Fsp3) is 0.500. The third kappa shape index (κ3) is 5.46. The fourth-order valence-corrected chi connectivity index (χ4v) is 2.82. The highest BCUT2D eigenvalue weighted by atomic mass is 79.9. The Hall–Kier alpha value is -0.660. The van der Waals surface area contributed by atoms with Crippen LogP contribution in [0.3, 0.4) is 0 Å². The summed E-state index contributed by atoms with van der Waals surface area (Å²) in [5.74, 6) is 0.593. The molecule has 0 spiro atoms. The highest BCUT2D eigenvalue weighted by Gasteiger charge is 2.14. The fourth-order valence-electron chi connectivity index (χ4n) is 1.43. The zero-order valence-corrected chi connectivity index (χ0v) is 14.0. The number of nitrogens with zero attached hydrogens (tertiary/aromatic N) is 1. The molecule has 0 amide bonds. The Labute approximate surface area is 129 Å². The van der Waals surface area contributed by atoms with Gasteiger partial charge in [0.25, 0.3) is 5.69 Å². The van der Waals surface area contributed by atoms with Crippen molar-refractivity contribution in [1.82, 2.24) is 5.32 Å². The van der Waals surface area contributed by atoms with Crippen molar-refractivity contribution in [3.63, 3.8) is 0 Å². The second kappa shape index (κ2) is 7.81. The van der Waals surface area contributed by atoms with E-state index in [1.165, 1.54) is 12.1 Å². The number of nitro groups is 1. The highest BCUT2D eigenvalue weighted by molar-refractivity contribution is 9.11. The second-order valence-electron chi connectivity index (χ2n) is 4.31. The number of ether oxygens (including phenoxy) is 1. The largest absolute Gasteiger partial charge is 0.491 e. The van der Waals surface area contributed by atoms with Gasteiger partial charge in [0.1, 0.15) is 5.75 Å². The summed E-state index contributed by atoms with van der Waals surface area (Å²) in [5.41, 5.74) is 0.0209. The molecule has 5 nitrogen and oxygen atoms in total. The molecular formula is C12H16Br2N2O3. The van der Waals surface area contributed by atoms with Gasteiger partial charge in [0.15, 0.2) is 0 Å². The third-order valence-corrected chi connectivity index (χ3v) is 3.49. The average molecular weight is 396 g/mol. The molecule has 0 aromatic heterocycles. The lowest BCUT2D eigenvalue weighted by Gasteiger charge is -2.11. The number of hydrogen-bond acceptors (Lipinski definition) is 4. The molecule has 0 atom stereocenters. The van der Waals surface area contributed by atoms with Crippen LogP contribution < -0.4 is 10.1 Å². The number of nitro benzene ring substituents is 1. The predicted molar refractivity (Wildman–Crippen MR) is 81.7 cm³/mol. The van der Waals surface area contributed by atoms with Gasteiger partial charge >= 0.3 is 0 Å². The van der Waals surface area contributed by atoms with E-state index in [1.54, 1.807) is 0 Å². The average Bonchev–Trinajstić information content (AvgIpc) is 2.30. The van der Waals surface area contributed by atoms with E-state index in [0.717, 1.165) is 13.0 Å². The molecular weight excluding hydrogens is 380 g/mol. The van der Waals surface area contributed by atoms with Crippen molar-refractivity contribution in [3.05, 3.63) is 31.2 Å². The van der Waals surface area contributed by atoms with Gasteiger partial charge in [0.2, 0.25) is 0 Å². The van der Waals surface area contributed by atoms with Crippen LogP contribution in [0.4, 0.5) is 5.69 Å². The lowest BCUT2D eigenvalue weighted by Crippen LogP contribution is -2.24. The molecule has 7 heteroatoms. The van der Waals surface area contributed by atoms with Crippen LogP contribution in [0.25, 0.3) is 0 Å². The number of hydrogen-bond donors (Lipinski definition) is 1. The Bertz CT molecular complexity index is 430. The van der Waals surface area contributed by atoms with Crippen LogP contribution in [0.2, 0.25) is 0 Å². The minimum atomic E-state index is -0.439. The van der Waals surface area contributed by atoms with E-state index < -0.39 is 4.92 Å². The van der Waals surface area contributed by atoms with Gasteiger partial charge in [-0.25, -0.2) is 0 Å². The predicted octanol–water partition coefficient (Wildman–Crippen LogP) is 3.89. The lowest BCUT2D eigenvalue weighted by molar-refractivity contribution is -0.385. The maximum atomic E-state index is 10.7. The van der Waals surface area contributed by atoms with E-state index >= 15 is 0 Å². The molecule has 0 aliphatic rings. The van der Waals surface area contributed by atoms with Crippen LogP contribution in [0.5, 0.6) is 5.75 Å². The summed E-state index contributed by atoms with van der Waals surface area (Å²) in [7, 11) is 0. The van der Waals surface area contributed by atoms with Crippen LogP contribution in [0.15, 0.2) is 21.1 Å². The number of halogens is 2. The normalized spacial score (nSPS) is 10.8. The molecule has 0 radical (unpaired) electrons. The molecule has 0 aliphatic carbocycles. The SMILES string of the molecule is CC(C)NCCCOc1c(Br)cc([N+](=O)[O-])cc1Br. The summed E-state index contributed by atoms with van der Waals surface area (Å²) < 4.78 is 6.78. The van der Waals surface area contributed by atoms with Gasteiger partial charge in [-0.3, -0.25) is 10.1 Å². The van der Waals surface area contributed by atoms with Crippen LogP contribution in [-0.2, 0) is 0 Å². The van der Waals surface area contributed by atoms with E-state index in [9.17, 15) is 10.1 Å². The first-order valence-corrected chi connectivity index (χ1v) is 7.50. The molecule has 1 rings (SSSR count). The van der Waals surface area contributed by atoms with Crippen LogP contribution in [0.1, 0.15) is 20.3 Å². The first-order valence-electron chi connectivity index (χ1n) is 5.91. The zero-order valence-electron chi connectivity index (χ0n) is 10.8. The van der Waals surface area contributed by atoms with Gasteiger partial charge in [-0.15, -0.1) is 0 Å². The highest BCUT2D eigenvalue weighted by Crippen LogP contribution is 2.37. The summed E-state index contributed by atoms with van der Waals surface area (Å²) in [6, 6.07) is 3.33. The third-order valence-electron chi connectivity index (χ3n) is 2.31. The second-order valence-corrected chi connectivity index (χ2v) is 6.02. The summed E-state index contributed by atoms with van der Waals surface area (Å²) in [6.07, 6.45) is 0.869. The summed E-state index contributed by atoms with van der Waals surface area (Å²) >= 11 is 6.57. The van der Waals surface area contributed by atoms with Crippen molar-refractivity contribution in [2.75, 3.05) is 13.2 Å². The quantitative estimate of drug-likeness (QED) is 0.432. The minimum absolute atomic E-state index is 0.0209. The monoisotopic (exact) mass is 394 g/mol. The van der Waals surface area contributed by atoms with Gasteiger partial charge in [-0.2, -0.15) is 0 Å². The van der Waals surface area contributed by atoms with E-state index in [0.29, 0.717) is 27.3 Å². The molecule has 0 fully saturated rings. The first kappa shape index (κ1) is 16.4. The Kier molecular flexibility index (Phi) is 6.74. The Morgan fingerprint density at radius 1 is 1.37 bits per heavy atom. The smallest absolute Gasteiger partial charge is 0.271 e. The van der Waals surface area contributed by atoms with E-state index in [-0.39, 0.29) is 5.69 Å². The minimum Gasteiger partial charge on any atom is -0.491 e. The number of rotatable bonds is 7. The summed E-state index contributed by atoms with van der Waals surface area (Å²) in [4.78, 5) is 10.3. The van der Waals surface area contributed by atoms with Crippen molar-refractivity contribution in [3.8, 4) is 5.75 Å². The van der Waals surface area contributed by atoms with Crippen molar-refractivity contribution in [2.24, 2.45) is 0 Å². The summed E-state index contributed by atoms with van der Waals surface area (Å²) in [5, 5.41) is 14.0. The standard InChI is InChI=1S/C12H16Br2N2O3/c1-8(2)15-4-3-5-19-12-10(13)6-9(16(17)18)7-11(12)14/h6-8,15H,3-5H2,1-2H3. The molecule has 0 unspecified atom stereocenters. The van der Waals surface area contributed by atoms with Crippen molar-refractivity contribution in [1.29, 1.82) is 0 Å². The van der Waals surface area contributed by atoms with Crippen LogP contribution >= 0.6 is 31.9 Å². The van der Waals surface area contributed by atoms with Gasteiger partial charge in [0.05, 0.1) is 20.5 Å². The number of benzene rings is 1. The molecule has 1 N–H and O–H groups in total. The maximum absolute atomic E-state index is 10.7.